The Morgan fingerprint density at radius 1 is 1.27 bits per heavy atom. The van der Waals surface area contributed by atoms with Gasteiger partial charge in [0, 0.05) is 22.7 Å². The fourth-order valence-electron chi connectivity index (χ4n) is 4.58. The summed E-state index contributed by atoms with van der Waals surface area (Å²) in [5.41, 5.74) is 8.32. The monoisotopic (exact) mass is 394 g/mol. The number of nitrogens with zero attached hydrogens (tertiary/aromatic N) is 1. The largest absolute Gasteiger partial charge is 0.349 e. The third-order valence-electron chi connectivity index (χ3n) is 5.67. The lowest BCUT2D eigenvalue weighted by Gasteiger charge is -2.45. The first kappa shape index (κ1) is 19.2. The summed E-state index contributed by atoms with van der Waals surface area (Å²) < 4.78 is 0. The van der Waals surface area contributed by atoms with Crippen LogP contribution in [0, 0.1) is 11.8 Å². The van der Waals surface area contributed by atoms with E-state index >= 15 is 0 Å². The predicted molar refractivity (Wildman–Crippen MR) is 106 cm³/mol. The Bertz CT molecular complexity index is 764. The number of nitrogens with two attached hydrogens (primary N) is 1. The van der Waals surface area contributed by atoms with Crippen molar-refractivity contribution in [3.05, 3.63) is 41.0 Å². The number of amides is 1. The van der Waals surface area contributed by atoms with Gasteiger partial charge in [0.25, 0.3) is 5.91 Å². The smallest absolute Gasteiger partial charge is 0.255 e. The van der Waals surface area contributed by atoms with Gasteiger partial charge in [0.15, 0.2) is 0 Å². The highest BCUT2D eigenvalue weighted by atomic mass is 35.5. The van der Waals surface area contributed by atoms with Crippen LogP contribution < -0.4 is 11.1 Å². The number of carbonyl (C=O) groups is 1. The van der Waals surface area contributed by atoms with Gasteiger partial charge in [-0.25, -0.2) is 0 Å². The number of halogens is 2. The van der Waals surface area contributed by atoms with E-state index in [-0.39, 0.29) is 30.4 Å². The van der Waals surface area contributed by atoms with Crippen molar-refractivity contribution in [2.24, 2.45) is 17.6 Å². The molecule has 140 valence electrons. The number of aromatic amines is 1. The lowest BCUT2D eigenvalue weighted by Crippen LogP contribution is -2.53. The van der Waals surface area contributed by atoms with Crippen molar-refractivity contribution >= 4 is 29.9 Å². The number of hydrogen-bond donors (Lipinski definition) is 3. The highest BCUT2D eigenvalue weighted by molar-refractivity contribution is 6.30. The number of hydrogen-bond acceptors (Lipinski definition) is 3. The molecule has 2 atom stereocenters. The van der Waals surface area contributed by atoms with Crippen molar-refractivity contribution < 1.29 is 4.79 Å². The normalized spacial score (nSPS) is 27.5. The highest BCUT2D eigenvalue weighted by Gasteiger charge is 2.40. The minimum Gasteiger partial charge on any atom is -0.349 e. The topological polar surface area (TPSA) is 83.8 Å². The number of nitrogens with one attached hydrogen (secondary N) is 2. The third kappa shape index (κ3) is 3.75. The van der Waals surface area contributed by atoms with Crippen molar-refractivity contribution in [1.82, 2.24) is 15.5 Å². The van der Waals surface area contributed by atoms with Gasteiger partial charge < -0.3 is 11.1 Å². The number of fused-ring (bicyclic) bond motifs is 2. The molecule has 2 fully saturated rings. The van der Waals surface area contributed by atoms with Crippen LogP contribution in [-0.4, -0.2) is 28.2 Å². The van der Waals surface area contributed by atoms with Gasteiger partial charge >= 0.3 is 0 Å². The molecule has 2 aromatic rings. The molecule has 7 heteroatoms. The van der Waals surface area contributed by atoms with Gasteiger partial charge in [-0.3, -0.25) is 9.89 Å². The third-order valence-corrected chi connectivity index (χ3v) is 5.91. The van der Waals surface area contributed by atoms with Gasteiger partial charge in [-0.05, 0) is 49.7 Å². The second kappa shape index (κ2) is 7.99. The van der Waals surface area contributed by atoms with E-state index in [1.165, 1.54) is 6.42 Å². The van der Waals surface area contributed by atoms with Crippen LogP contribution in [0.25, 0.3) is 11.3 Å². The van der Waals surface area contributed by atoms with Crippen LogP contribution in [-0.2, 0) is 0 Å². The Kier molecular flexibility index (Phi) is 5.90. The zero-order chi connectivity index (χ0) is 17.4. The molecule has 2 aliphatic rings. The number of benzene rings is 1. The van der Waals surface area contributed by atoms with Gasteiger partial charge in [0.05, 0.1) is 17.5 Å². The van der Waals surface area contributed by atoms with Crippen molar-refractivity contribution in [3.63, 3.8) is 0 Å². The van der Waals surface area contributed by atoms with E-state index in [1.807, 2.05) is 24.3 Å². The molecule has 26 heavy (non-hydrogen) atoms. The summed E-state index contributed by atoms with van der Waals surface area (Å²) in [7, 11) is 0. The first-order valence-corrected chi connectivity index (χ1v) is 9.35. The van der Waals surface area contributed by atoms with E-state index in [4.69, 9.17) is 17.3 Å². The lowest BCUT2D eigenvalue weighted by atomic mass is 9.67. The molecule has 2 unspecified atom stereocenters. The van der Waals surface area contributed by atoms with E-state index in [0.29, 0.717) is 28.1 Å². The molecule has 1 amide bonds. The van der Waals surface area contributed by atoms with Gasteiger partial charge in [-0.2, -0.15) is 5.10 Å². The van der Waals surface area contributed by atoms with E-state index in [9.17, 15) is 4.79 Å². The summed E-state index contributed by atoms with van der Waals surface area (Å²) in [6.45, 7) is 0. The quantitative estimate of drug-likeness (QED) is 0.740. The van der Waals surface area contributed by atoms with Crippen molar-refractivity contribution in [2.45, 2.75) is 44.2 Å². The lowest BCUT2D eigenvalue weighted by molar-refractivity contribution is 0.0756. The minimum absolute atomic E-state index is 0. The zero-order valence-corrected chi connectivity index (χ0v) is 16.0. The number of carbonyl (C=O) groups excluding carboxylic acids is 1. The number of H-pyrrole nitrogens is 1. The van der Waals surface area contributed by atoms with E-state index in [1.54, 1.807) is 6.20 Å². The molecule has 0 aliphatic heterocycles. The number of aromatic nitrogens is 2. The predicted octanol–water partition coefficient (Wildman–Crippen LogP) is 3.79. The highest BCUT2D eigenvalue weighted by Crippen LogP contribution is 2.40. The SMILES string of the molecule is Cl.NC1CC2CCCC(C1)C2NC(=O)c1cn[nH]c1-c1cccc(Cl)c1. The fraction of sp³-hybridized carbons (Fsp3) is 0.474. The summed E-state index contributed by atoms with van der Waals surface area (Å²) in [6, 6.07) is 7.94. The Morgan fingerprint density at radius 2 is 2.00 bits per heavy atom. The second-order valence-corrected chi connectivity index (χ2v) is 7.79. The molecule has 4 N–H and O–H groups in total. The molecule has 5 nitrogen and oxygen atoms in total. The zero-order valence-electron chi connectivity index (χ0n) is 14.5. The Labute approximate surface area is 164 Å². The van der Waals surface area contributed by atoms with Crippen molar-refractivity contribution in [1.29, 1.82) is 0 Å². The van der Waals surface area contributed by atoms with Crippen LogP contribution in [0.1, 0.15) is 42.5 Å². The Morgan fingerprint density at radius 3 is 2.69 bits per heavy atom. The van der Waals surface area contributed by atoms with Crippen LogP contribution in [0.3, 0.4) is 0 Å². The summed E-state index contributed by atoms with van der Waals surface area (Å²) in [5, 5.41) is 10.9. The molecule has 1 heterocycles. The van der Waals surface area contributed by atoms with Crippen molar-refractivity contribution in [3.8, 4) is 11.3 Å². The summed E-state index contributed by atoms with van der Waals surface area (Å²) in [6.07, 6.45) is 7.16. The molecule has 0 radical (unpaired) electrons. The van der Waals surface area contributed by atoms with Crippen LogP contribution in [0.5, 0.6) is 0 Å². The van der Waals surface area contributed by atoms with Crippen LogP contribution in [0.2, 0.25) is 5.02 Å². The average molecular weight is 395 g/mol. The summed E-state index contributed by atoms with van der Waals surface area (Å²) >= 11 is 6.08. The molecular weight excluding hydrogens is 371 g/mol. The molecular formula is C19H24Cl2N4O. The summed E-state index contributed by atoms with van der Waals surface area (Å²) in [4.78, 5) is 12.9. The van der Waals surface area contributed by atoms with Gasteiger partial charge in [0.2, 0.25) is 0 Å². The van der Waals surface area contributed by atoms with E-state index < -0.39 is 0 Å². The Balaban J connectivity index is 0.00000196. The standard InChI is InChI=1S/C19H23ClN4O.ClH/c20-14-6-2-5-11(7-14)18-16(10-22-24-18)19(25)23-17-12-3-1-4-13(17)9-15(21)8-12;/h2,5-7,10,12-13,15,17H,1,3-4,8-9,21H2,(H,22,24)(H,23,25);1H. The average Bonchev–Trinajstić information content (AvgIpc) is 3.05. The maximum atomic E-state index is 12.9. The van der Waals surface area contributed by atoms with Crippen LogP contribution in [0.4, 0.5) is 0 Å². The van der Waals surface area contributed by atoms with Crippen molar-refractivity contribution in [2.75, 3.05) is 0 Å². The van der Waals surface area contributed by atoms with Gasteiger partial charge in [-0.1, -0.05) is 30.2 Å². The summed E-state index contributed by atoms with van der Waals surface area (Å²) in [5.74, 6) is 0.919. The minimum atomic E-state index is -0.0684. The maximum Gasteiger partial charge on any atom is 0.255 e. The molecule has 2 bridgehead atoms. The molecule has 0 saturated heterocycles. The Hall–Kier alpha value is -1.56. The molecule has 0 spiro atoms. The molecule has 1 aromatic carbocycles. The maximum absolute atomic E-state index is 12.9. The molecule has 2 saturated carbocycles. The van der Waals surface area contributed by atoms with Crippen LogP contribution in [0.15, 0.2) is 30.5 Å². The molecule has 2 aliphatic carbocycles. The molecule has 4 rings (SSSR count). The van der Waals surface area contributed by atoms with E-state index in [0.717, 1.165) is 31.2 Å². The number of rotatable bonds is 3. The second-order valence-electron chi connectivity index (χ2n) is 7.35. The van der Waals surface area contributed by atoms with E-state index in [2.05, 4.69) is 15.5 Å². The first-order valence-electron chi connectivity index (χ1n) is 8.97. The molecule has 1 aromatic heterocycles. The van der Waals surface area contributed by atoms with Crippen LogP contribution >= 0.6 is 24.0 Å². The van der Waals surface area contributed by atoms with Gasteiger partial charge in [-0.15, -0.1) is 12.4 Å². The first-order chi connectivity index (χ1) is 12.1. The van der Waals surface area contributed by atoms with Gasteiger partial charge in [0.1, 0.15) is 0 Å². The fourth-order valence-corrected chi connectivity index (χ4v) is 4.77.